The molecule has 0 unspecified atom stereocenters. The SMILES string of the molecule is O=C1C(=O)N(CCOC(F)(F)F)c2ccccc21. The molecule has 0 spiro atoms. The van der Waals surface area contributed by atoms with Crippen molar-refractivity contribution in [2.45, 2.75) is 6.36 Å². The number of hydrogen-bond acceptors (Lipinski definition) is 3. The Kier molecular flexibility index (Phi) is 3.08. The first kappa shape index (κ1) is 12.6. The number of alkyl halides is 3. The second-order valence-corrected chi connectivity index (χ2v) is 3.60. The lowest BCUT2D eigenvalue weighted by Crippen LogP contribution is -2.34. The number of benzene rings is 1. The first-order chi connectivity index (χ1) is 8.40. The van der Waals surface area contributed by atoms with Crippen molar-refractivity contribution in [3.05, 3.63) is 29.8 Å². The molecule has 0 atom stereocenters. The second-order valence-electron chi connectivity index (χ2n) is 3.60. The summed E-state index contributed by atoms with van der Waals surface area (Å²) in [5.74, 6) is -1.54. The predicted molar refractivity (Wildman–Crippen MR) is 55.1 cm³/mol. The summed E-state index contributed by atoms with van der Waals surface area (Å²) in [7, 11) is 0. The van der Waals surface area contributed by atoms with E-state index in [9.17, 15) is 22.8 Å². The molecule has 0 aliphatic carbocycles. The molecule has 0 N–H and O–H groups in total. The monoisotopic (exact) mass is 259 g/mol. The average Bonchev–Trinajstić information content (AvgIpc) is 2.53. The lowest BCUT2D eigenvalue weighted by atomic mass is 10.1. The fraction of sp³-hybridized carbons (Fsp3) is 0.273. The third-order valence-corrected chi connectivity index (χ3v) is 2.46. The van der Waals surface area contributed by atoms with Crippen molar-refractivity contribution >= 4 is 17.4 Å². The minimum absolute atomic E-state index is 0.203. The van der Waals surface area contributed by atoms with E-state index in [1.165, 1.54) is 12.1 Å². The number of nitrogens with zero attached hydrogens (tertiary/aromatic N) is 1. The zero-order valence-corrected chi connectivity index (χ0v) is 9.03. The van der Waals surface area contributed by atoms with E-state index in [-0.39, 0.29) is 12.1 Å². The van der Waals surface area contributed by atoms with Crippen LogP contribution in [0.1, 0.15) is 10.4 Å². The maximum atomic E-state index is 11.8. The molecule has 2 rings (SSSR count). The van der Waals surface area contributed by atoms with E-state index in [0.717, 1.165) is 4.90 Å². The number of halogens is 3. The van der Waals surface area contributed by atoms with Crippen LogP contribution in [0.2, 0.25) is 0 Å². The van der Waals surface area contributed by atoms with Gasteiger partial charge in [-0.1, -0.05) is 12.1 Å². The van der Waals surface area contributed by atoms with Crippen LogP contribution in [0.5, 0.6) is 0 Å². The smallest absolute Gasteiger partial charge is 0.302 e. The van der Waals surface area contributed by atoms with Crippen LogP contribution < -0.4 is 4.90 Å². The normalized spacial score (nSPS) is 15.2. The van der Waals surface area contributed by atoms with Crippen molar-refractivity contribution in [3.63, 3.8) is 0 Å². The molecule has 0 saturated heterocycles. The number of para-hydroxylation sites is 1. The number of ether oxygens (including phenoxy) is 1. The van der Waals surface area contributed by atoms with Crippen LogP contribution in [0.15, 0.2) is 24.3 Å². The Balaban J connectivity index is 2.10. The summed E-state index contributed by atoms with van der Waals surface area (Å²) in [6.45, 7) is -1.03. The van der Waals surface area contributed by atoms with Crippen molar-refractivity contribution in [1.29, 1.82) is 0 Å². The summed E-state index contributed by atoms with van der Waals surface area (Å²) in [6.07, 6.45) is -4.74. The highest BCUT2D eigenvalue weighted by Gasteiger charge is 2.36. The highest BCUT2D eigenvalue weighted by atomic mass is 19.4. The number of rotatable bonds is 3. The van der Waals surface area contributed by atoms with Crippen molar-refractivity contribution in [3.8, 4) is 0 Å². The van der Waals surface area contributed by atoms with E-state index in [4.69, 9.17) is 0 Å². The molecule has 1 aromatic carbocycles. The largest absolute Gasteiger partial charge is 0.522 e. The number of carbonyl (C=O) groups is 2. The number of ketones is 1. The van der Waals surface area contributed by atoms with Gasteiger partial charge >= 0.3 is 6.36 Å². The quantitative estimate of drug-likeness (QED) is 0.777. The zero-order chi connectivity index (χ0) is 13.3. The average molecular weight is 259 g/mol. The van der Waals surface area contributed by atoms with E-state index in [1.807, 2.05) is 0 Å². The van der Waals surface area contributed by atoms with E-state index in [0.29, 0.717) is 5.69 Å². The number of carbonyl (C=O) groups excluding carboxylic acids is 2. The van der Waals surface area contributed by atoms with Gasteiger partial charge in [-0.25, -0.2) is 0 Å². The van der Waals surface area contributed by atoms with Gasteiger partial charge in [0.15, 0.2) is 0 Å². The van der Waals surface area contributed by atoms with Crippen LogP contribution in [0, 0.1) is 0 Å². The Hall–Kier alpha value is -1.89. The van der Waals surface area contributed by atoms with Gasteiger partial charge in [0.1, 0.15) is 0 Å². The lowest BCUT2D eigenvalue weighted by molar-refractivity contribution is -0.323. The number of fused-ring (bicyclic) bond motifs is 1. The standard InChI is InChI=1S/C11H8F3NO3/c12-11(13,14)18-6-5-15-8-4-2-1-3-7(8)9(16)10(15)17/h1-4H,5-6H2. The fourth-order valence-corrected chi connectivity index (χ4v) is 1.72. The van der Waals surface area contributed by atoms with Gasteiger partial charge in [0.25, 0.3) is 11.7 Å². The highest BCUT2D eigenvalue weighted by Crippen LogP contribution is 2.28. The van der Waals surface area contributed by atoms with E-state index in [1.54, 1.807) is 12.1 Å². The molecule has 7 heteroatoms. The molecule has 18 heavy (non-hydrogen) atoms. The number of Topliss-reactive ketones (excluding diaryl/α,β-unsaturated/α-hetero) is 1. The zero-order valence-electron chi connectivity index (χ0n) is 9.03. The lowest BCUT2D eigenvalue weighted by Gasteiger charge is -2.16. The molecule has 4 nitrogen and oxygen atoms in total. The van der Waals surface area contributed by atoms with E-state index in [2.05, 4.69) is 4.74 Å². The van der Waals surface area contributed by atoms with Gasteiger partial charge in [-0.3, -0.25) is 14.3 Å². The third kappa shape index (κ3) is 2.35. The summed E-state index contributed by atoms with van der Waals surface area (Å²) in [5.41, 5.74) is 0.521. The Morgan fingerprint density at radius 2 is 1.83 bits per heavy atom. The van der Waals surface area contributed by atoms with Gasteiger partial charge in [0.2, 0.25) is 0 Å². The summed E-state index contributed by atoms with van der Waals surface area (Å²) in [6, 6.07) is 6.15. The molecular formula is C11H8F3NO3. The van der Waals surface area contributed by atoms with Gasteiger partial charge in [0, 0.05) is 0 Å². The summed E-state index contributed by atoms with van der Waals surface area (Å²) < 4.78 is 39.0. The van der Waals surface area contributed by atoms with Crippen molar-refractivity contribution < 1.29 is 27.5 Å². The van der Waals surface area contributed by atoms with Crippen molar-refractivity contribution in [2.75, 3.05) is 18.1 Å². The molecule has 1 aromatic rings. The summed E-state index contributed by atoms with van der Waals surface area (Å²) in [4.78, 5) is 24.1. The van der Waals surface area contributed by atoms with E-state index < -0.39 is 24.7 Å². The number of amides is 1. The van der Waals surface area contributed by atoms with Crippen LogP contribution >= 0.6 is 0 Å². The topological polar surface area (TPSA) is 46.6 Å². The molecule has 0 bridgehead atoms. The van der Waals surface area contributed by atoms with Crippen LogP contribution in [0.4, 0.5) is 18.9 Å². The summed E-state index contributed by atoms with van der Waals surface area (Å²) in [5, 5.41) is 0. The molecule has 96 valence electrons. The fourth-order valence-electron chi connectivity index (χ4n) is 1.72. The van der Waals surface area contributed by atoms with Crippen molar-refractivity contribution in [1.82, 2.24) is 0 Å². The van der Waals surface area contributed by atoms with E-state index >= 15 is 0 Å². The molecule has 1 aliphatic rings. The Morgan fingerprint density at radius 3 is 2.50 bits per heavy atom. The Morgan fingerprint density at radius 1 is 1.17 bits per heavy atom. The number of anilines is 1. The Bertz CT molecular complexity index is 499. The second kappa shape index (κ2) is 4.41. The molecule has 0 fully saturated rings. The minimum Gasteiger partial charge on any atom is -0.302 e. The van der Waals surface area contributed by atoms with Crippen molar-refractivity contribution in [2.24, 2.45) is 0 Å². The maximum absolute atomic E-state index is 11.8. The molecule has 0 aromatic heterocycles. The first-order valence-corrected chi connectivity index (χ1v) is 5.06. The van der Waals surface area contributed by atoms with Gasteiger partial charge < -0.3 is 4.90 Å². The Labute approximate surface area is 99.9 Å². The third-order valence-electron chi connectivity index (χ3n) is 2.46. The van der Waals surface area contributed by atoms with Gasteiger partial charge in [0.05, 0.1) is 24.4 Å². The minimum atomic E-state index is -4.74. The molecule has 1 amide bonds. The molecule has 0 saturated carbocycles. The summed E-state index contributed by atoms with van der Waals surface area (Å²) >= 11 is 0. The van der Waals surface area contributed by atoms with Gasteiger partial charge in [-0.15, -0.1) is 13.2 Å². The van der Waals surface area contributed by atoms with Gasteiger partial charge in [-0.2, -0.15) is 0 Å². The van der Waals surface area contributed by atoms with Crippen LogP contribution in [0.3, 0.4) is 0 Å². The molecule has 1 heterocycles. The predicted octanol–water partition coefficient (Wildman–Crippen LogP) is 1.75. The number of hydrogen-bond donors (Lipinski definition) is 0. The first-order valence-electron chi connectivity index (χ1n) is 5.06. The molecule has 1 aliphatic heterocycles. The maximum Gasteiger partial charge on any atom is 0.522 e. The molecule has 0 radical (unpaired) electrons. The van der Waals surface area contributed by atoms with Crippen LogP contribution in [0.25, 0.3) is 0 Å². The molecular weight excluding hydrogens is 251 g/mol. The van der Waals surface area contributed by atoms with Crippen LogP contribution in [-0.4, -0.2) is 31.2 Å². The van der Waals surface area contributed by atoms with Gasteiger partial charge in [-0.05, 0) is 12.1 Å². The highest BCUT2D eigenvalue weighted by molar-refractivity contribution is 6.52. The van der Waals surface area contributed by atoms with Crippen LogP contribution in [-0.2, 0) is 9.53 Å².